The molecule has 0 amide bonds. The number of nitrogens with zero attached hydrogens (tertiary/aromatic N) is 1. The Labute approximate surface area is 104 Å². The van der Waals surface area contributed by atoms with Crippen LogP contribution in [0.4, 0.5) is 0 Å². The van der Waals surface area contributed by atoms with Crippen molar-refractivity contribution in [2.45, 2.75) is 38.6 Å². The molecule has 0 aromatic rings. The van der Waals surface area contributed by atoms with Crippen molar-refractivity contribution in [1.29, 1.82) is 5.26 Å². The summed E-state index contributed by atoms with van der Waals surface area (Å²) in [6.07, 6.45) is 2.87. The molecule has 1 rings (SSSR count). The summed E-state index contributed by atoms with van der Waals surface area (Å²) in [5, 5.41) is 12.4. The van der Waals surface area contributed by atoms with E-state index < -0.39 is 5.54 Å². The summed E-state index contributed by atoms with van der Waals surface area (Å²) >= 11 is 0. The maximum absolute atomic E-state index is 9.13. The molecule has 0 saturated carbocycles. The largest absolute Gasteiger partial charge is 0.381 e. The van der Waals surface area contributed by atoms with E-state index >= 15 is 0 Å². The van der Waals surface area contributed by atoms with E-state index in [2.05, 4.69) is 18.3 Å². The van der Waals surface area contributed by atoms with Gasteiger partial charge in [-0.05, 0) is 26.3 Å². The van der Waals surface area contributed by atoms with Crippen molar-refractivity contribution < 1.29 is 9.47 Å². The third kappa shape index (κ3) is 5.49. The van der Waals surface area contributed by atoms with Gasteiger partial charge in [0.25, 0.3) is 0 Å². The van der Waals surface area contributed by atoms with Gasteiger partial charge in [0.2, 0.25) is 0 Å². The zero-order valence-corrected chi connectivity index (χ0v) is 11.0. The number of hydrogen-bond acceptors (Lipinski definition) is 4. The molecule has 17 heavy (non-hydrogen) atoms. The second kappa shape index (κ2) is 7.65. The van der Waals surface area contributed by atoms with Crippen LogP contribution in [-0.2, 0) is 9.47 Å². The molecule has 1 N–H and O–H groups in total. The van der Waals surface area contributed by atoms with Gasteiger partial charge < -0.3 is 9.47 Å². The van der Waals surface area contributed by atoms with E-state index in [4.69, 9.17) is 14.7 Å². The van der Waals surface area contributed by atoms with E-state index in [-0.39, 0.29) is 0 Å². The molecule has 1 aliphatic heterocycles. The van der Waals surface area contributed by atoms with Gasteiger partial charge in [0.05, 0.1) is 19.3 Å². The van der Waals surface area contributed by atoms with Crippen molar-refractivity contribution in [3.8, 4) is 6.07 Å². The highest BCUT2D eigenvalue weighted by Gasteiger charge is 2.22. The van der Waals surface area contributed by atoms with Gasteiger partial charge in [-0.25, -0.2) is 0 Å². The molecular formula is C13H24N2O2. The van der Waals surface area contributed by atoms with E-state index in [9.17, 15) is 0 Å². The fraction of sp³-hybridized carbons (Fsp3) is 0.923. The van der Waals surface area contributed by atoms with Gasteiger partial charge >= 0.3 is 0 Å². The molecule has 4 nitrogen and oxygen atoms in total. The molecule has 2 atom stereocenters. The fourth-order valence-corrected chi connectivity index (χ4v) is 1.83. The van der Waals surface area contributed by atoms with Gasteiger partial charge in [0.1, 0.15) is 5.54 Å². The van der Waals surface area contributed by atoms with Crippen LogP contribution in [0.2, 0.25) is 0 Å². The number of hydrogen-bond donors (Lipinski definition) is 1. The Morgan fingerprint density at radius 3 is 3.00 bits per heavy atom. The molecule has 0 radical (unpaired) electrons. The van der Waals surface area contributed by atoms with E-state index in [1.165, 1.54) is 0 Å². The molecule has 98 valence electrons. The number of ether oxygens (including phenoxy) is 2. The van der Waals surface area contributed by atoms with Crippen LogP contribution in [0.3, 0.4) is 0 Å². The van der Waals surface area contributed by atoms with Crippen LogP contribution in [0, 0.1) is 17.2 Å². The Bertz CT molecular complexity index is 246. The monoisotopic (exact) mass is 240 g/mol. The highest BCUT2D eigenvalue weighted by atomic mass is 16.5. The molecule has 0 aromatic carbocycles. The van der Waals surface area contributed by atoms with Crippen LogP contribution in [0.15, 0.2) is 0 Å². The third-order valence-electron chi connectivity index (χ3n) is 3.14. The summed E-state index contributed by atoms with van der Waals surface area (Å²) in [6, 6.07) is 2.33. The summed E-state index contributed by atoms with van der Waals surface area (Å²) < 4.78 is 10.9. The van der Waals surface area contributed by atoms with Crippen LogP contribution < -0.4 is 5.32 Å². The first-order chi connectivity index (χ1) is 8.20. The first-order valence-corrected chi connectivity index (χ1v) is 6.52. The summed E-state index contributed by atoms with van der Waals surface area (Å²) in [4.78, 5) is 0. The first kappa shape index (κ1) is 14.4. The van der Waals surface area contributed by atoms with Crippen LogP contribution in [0.1, 0.15) is 33.1 Å². The molecule has 0 bridgehead atoms. The van der Waals surface area contributed by atoms with Crippen molar-refractivity contribution >= 4 is 0 Å². The quantitative estimate of drug-likeness (QED) is 0.656. The predicted molar refractivity (Wildman–Crippen MR) is 66.7 cm³/mol. The Balaban J connectivity index is 2.12. The zero-order valence-electron chi connectivity index (χ0n) is 11.0. The third-order valence-corrected chi connectivity index (χ3v) is 3.14. The highest BCUT2D eigenvalue weighted by molar-refractivity contribution is 5.03. The van der Waals surface area contributed by atoms with Crippen LogP contribution >= 0.6 is 0 Å². The lowest BCUT2D eigenvalue weighted by Gasteiger charge is -2.23. The van der Waals surface area contributed by atoms with Gasteiger partial charge in [-0.15, -0.1) is 0 Å². The van der Waals surface area contributed by atoms with Crippen molar-refractivity contribution in [1.82, 2.24) is 5.32 Å². The molecule has 2 unspecified atom stereocenters. The lowest BCUT2D eigenvalue weighted by Crippen LogP contribution is -2.42. The second-order valence-corrected chi connectivity index (χ2v) is 4.93. The van der Waals surface area contributed by atoms with Crippen molar-refractivity contribution in [3.63, 3.8) is 0 Å². The number of nitriles is 1. The Hall–Kier alpha value is -0.630. The van der Waals surface area contributed by atoms with E-state index in [0.717, 1.165) is 45.6 Å². The van der Waals surface area contributed by atoms with Crippen molar-refractivity contribution in [2.24, 2.45) is 5.92 Å². The lowest BCUT2D eigenvalue weighted by molar-refractivity contribution is 0.0799. The van der Waals surface area contributed by atoms with Crippen LogP contribution in [0.5, 0.6) is 0 Å². The average Bonchev–Trinajstić information content (AvgIpc) is 2.85. The normalized spacial score (nSPS) is 23.2. The Morgan fingerprint density at radius 2 is 2.41 bits per heavy atom. The number of rotatable bonds is 8. The average molecular weight is 240 g/mol. The molecule has 0 spiro atoms. The summed E-state index contributed by atoms with van der Waals surface area (Å²) in [5.41, 5.74) is -0.456. The lowest BCUT2D eigenvalue weighted by atomic mass is 10.0. The number of nitrogens with one attached hydrogen (secondary N) is 1. The maximum atomic E-state index is 9.13. The topological polar surface area (TPSA) is 54.3 Å². The summed E-state index contributed by atoms with van der Waals surface area (Å²) in [6.45, 7) is 7.99. The first-order valence-electron chi connectivity index (χ1n) is 6.52. The molecule has 0 aromatic heterocycles. The van der Waals surface area contributed by atoms with Crippen molar-refractivity contribution in [3.05, 3.63) is 0 Å². The van der Waals surface area contributed by atoms with E-state index in [1.54, 1.807) is 0 Å². The maximum Gasteiger partial charge on any atom is 0.106 e. The Kier molecular flexibility index (Phi) is 6.49. The van der Waals surface area contributed by atoms with Gasteiger partial charge in [-0.1, -0.05) is 6.92 Å². The van der Waals surface area contributed by atoms with Crippen LogP contribution in [-0.4, -0.2) is 38.5 Å². The van der Waals surface area contributed by atoms with Crippen LogP contribution in [0.25, 0.3) is 0 Å². The summed E-state index contributed by atoms with van der Waals surface area (Å²) in [7, 11) is 0. The standard InChI is InChI=1S/C13H24N2O2/c1-3-6-15-13(2,11-14)5-8-17-10-12-4-7-16-9-12/h12,15H,3-10H2,1-2H3. The predicted octanol–water partition coefficient (Wildman–Crippen LogP) is 1.71. The van der Waals surface area contributed by atoms with E-state index in [0.29, 0.717) is 12.5 Å². The second-order valence-electron chi connectivity index (χ2n) is 4.93. The molecule has 1 saturated heterocycles. The minimum atomic E-state index is -0.456. The molecule has 4 heteroatoms. The fourth-order valence-electron chi connectivity index (χ4n) is 1.83. The smallest absolute Gasteiger partial charge is 0.106 e. The molecule has 1 heterocycles. The minimum Gasteiger partial charge on any atom is -0.381 e. The Morgan fingerprint density at radius 1 is 1.59 bits per heavy atom. The SMILES string of the molecule is CCCNC(C)(C#N)CCOCC1CCOC1. The molecule has 1 fully saturated rings. The van der Waals surface area contributed by atoms with Gasteiger partial charge in [0.15, 0.2) is 0 Å². The molecular weight excluding hydrogens is 216 g/mol. The van der Waals surface area contributed by atoms with E-state index in [1.807, 2.05) is 6.92 Å². The minimum absolute atomic E-state index is 0.456. The van der Waals surface area contributed by atoms with Gasteiger partial charge in [0, 0.05) is 25.6 Å². The summed E-state index contributed by atoms with van der Waals surface area (Å²) in [5.74, 6) is 0.548. The van der Waals surface area contributed by atoms with Gasteiger partial charge in [-0.2, -0.15) is 5.26 Å². The molecule has 1 aliphatic rings. The molecule has 0 aliphatic carbocycles. The van der Waals surface area contributed by atoms with Crippen molar-refractivity contribution in [2.75, 3.05) is 33.0 Å². The zero-order chi connectivity index (χ0) is 12.6. The highest BCUT2D eigenvalue weighted by Crippen LogP contribution is 2.13. The van der Waals surface area contributed by atoms with Gasteiger partial charge in [-0.3, -0.25) is 5.32 Å².